The maximum absolute atomic E-state index is 8.92. The molecule has 1 aromatic carbocycles. The highest BCUT2D eigenvalue weighted by Gasteiger charge is 2.04. The van der Waals surface area contributed by atoms with Crippen molar-refractivity contribution in [3.05, 3.63) is 28.8 Å². The van der Waals surface area contributed by atoms with Crippen LogP contribution in [0.4, 0.5) is 5.69 Å². The third-order valence-corrected chi connectivity index (χ3v) is 2.98. The van der Waals surface area contributed by atoms with Gasteiger partial charge >= 0.3 is 0 Å². The van der Waals surface area contributed by atoms with Gasteiger partial charge in [0.15, 0.2) is 0 Å². The largest absolute Gasteiger partial charge is 0.384 e. The summed E-state index contributed by atoms with van der Waals surface area (Å²) in [6.45, 7) is 0.871. The van der Waals surface area contributed by atoms with Gasteiger partial charge in [-0.3, -0.25) is 0 Å². The molecule has 0 aromatic heterocycles. The van der Waals surface area contributed by atoms with Gasteiger partial charge in [0.1, 0.15) is 6.07 Å². The molecule has 80 valence electrons. The molecule has 0 spiro atoms. The monoisotopic (exact) mass is 240 g/mol. The second-order valence-electron chi connectivity index (χ2n) is 3.05. The summed E-state index contributed by atoms with van der Waals surface area (Å²) in [6, 6.07) is 7.56. The van der Waals surface area contributed by atoms with E-state index in [0.29, 0.717) is 10.6 Å². The molecule has 0 amide bonds. The van der Waals surface area contributed by atoms with Crippen molar-refractivity contribution in [3.63, 3.8) is 0 Å². The lowest BCUT2D eigenvalue weighted by atomic mass is 10.2. The van der Waals surface area contributed by atoms with Crippen molar-refractivity contribution in [2.75, 3.05) is 23.9 Å². The number of nitriles is 1. The van der Waals surface area contributed by atoms with Crippen molar-refractivity contribution in [2.45, 2.75) is 6.42 Å². The van der Waals surface area contributed by atoms with Gasteiger partial charge in [-0.15, -0.1) is 0 Å². The molecule has 1 aromatic rings. The van der Waals surface area contributed by atoms with Crippen molar-refractivity contribution in [1.82, 2.24) is 0 Å². The summed E-state index contributed by atoms with van der Waals surface area (Å²) >= 11 is 7.72. The van der Waals surface area contributed by atoms with Crippen LogP contribution in [0.3, 0.4) is 0 Å². The fourth-order valence-corrected chi connectivity index (χ4v) is 1.87. The summed E-state index contributed by atoms with van der Waals surface area (Å²) in [5.74, 6) is 1.12. The molecular formula is C11H13ClN2S. The van der Waals surface area contributed by atoms with Crippen molar-refractivity contribution in [1.29, 1.82) is 5.26 Å². The Kier molecular flexibility index (Phi) is 5.38. The number of hydrogen-bond acceptors (Lipinski definition) is 3. The maximum atomic E-state index is 8.92. The number of nitrogens with one attached hydrogen (secondary N) is 1. The Morgan fingerprint density at radius 1 is 1.53 bits per heavy atom. The topological polar surface area (TPSA) is 35.8 Å². The van der Waals surface area contributed by atoms with Crippen LogP contribution in [0.5, 0.6) is 0 Å². The smallest absolute Gasteiger partial charge is 0.103 e. The molecule has 0 saturated carbocycles. The molecule has 4 heteroatoms. The van der Waals surface area contributed by atoms with Crippen molar-refractivity contribution < 1.29 is 0 Å². The summed E-state index contributed by atoms with van der Waals surface area (Å²) in [7, 11) is 0. The van der Waals surface area contributed by atoms with Gasteiger partial charge in [0, 0.05) is 6.54 Å². The lowest BCUT2D eigenvalue weighted by Crippen LogP contribution is -2.04. The highest BCUT2D eigenvalue weighted by atomic mass is 35.5. The Bertz CT molecular complexity index is 360. The van der Waals surface area contributed by atoms with E-state index in [1.807, 2.05) is 23.9 Å². The zero-order chi connectivity index (χ0) is 11.1. The zero-order valence-corrected chi connectivity index (χ0v) is 10.2. The van der Waals surface area contributed by atoms with Gasteiger partial charge in [-0.25, -0.2) is 0 Å². The molecular weight excluding hydrogens is 228 g/mol. The molecule has 2 nitrogen and oxygen atoms in total. The van der Waals surface area contributed by atoms with Gasteiger partial charge in [0.2, 0.25) is 0 Å². The lowest BCUT2D eigenvalue weighted by molar-refractivity contribution is 0.992. The van der Waals surface area contributed by atoms with Crippen LogP contribution >= 0.6 is 23.4 Å². The van der Waals surface area contributed by atoms with Gasteiger partial charge < -0.3 is 5.32 Å². The van der Waals surface area contributed by atoms with Crippen molar-refractivity contribution >= 4 is 29.1 Å². The normalized spacial score (nSPS) is 9.67. The van der Waals surface area contributed by atoms with E-state index in [1.165, 1.54) is 0 Å². The van der Waals surface area contributed by atoms with Crippen LogP contribution in [0.1, 0.15) is 12.0 Å². The summed E-state index contributed by atoms with van der Waals surface area (Å²) in [6.07, 6.45) is 3.17. The number of nitrogens with zero attached hydrogens (tertiary/aromatic N) is 1. The summed E-state index contributed by atoms with van der Waals surface area (Å²) in [4.78, 5) is 0. The fraction of sp³-hybridized carbons (Fsp3) is 0.364. The number of anilines is 1. The van der Waals surface area contributed by atoms with E-state index in [9.17, 15) is 0 Å². The molecule has 0 aliphatic heterocycles. The Balaban J connectivity index is 2.61. The molecule has 0 unspecified atom stereocenters. The van der Waals surface area contributed by atoms with E-state index < -0.39 is 0 Å². The van der Waals surface area contributed by atoms with E-state index in [1.54, 1.807) is 6.07 Å². The minimum Gasteiger partial charge on any atom is -0.384 e. The average molecular weight is 241 g/mol. The fourth-order valence-electron chi connectivity index (χ4n) is 1.22. The van der Waals surface area contributed by atoms with Crippen molar-refractivity contribution in [3.8, 4) is 6.07 Å². The molecule has 1 rings (SSSR count). The maximum Gasteiger partial charge on any atom is 0.103 e. The van der Waals surface area contributed by atoms with Crippen LogP contribution in [0.25, 0.3) is 0 Å². The molecule has 0 atom stereocenters. The number of benzene rings is 1. The second kappa shape index (κ2) is 6.60. The summed E-state index contributed by atoms with van der Waals surface area (Å²) in [5.41, 5.74) is 1.36. The van der Waals surface area contributed by atoms with Crippen LogP contribution in [-0.4, -0.2) is 18.6 Å². The molecule has 15 heavy (non-hydrogen) atoms. The molecule has 0 fully saturated rings. The molecule has 0 aliphatic rings. The lowest BCUT2D eigenvalue weighted by Gasteiger charge is -2.08. The Labute approximate surface area is 99.6 Å². The average Bonchev–Trinajstić information content (AvgIpc) is 2.24. The highest BCUT2D eigenvalue weighted by molar-refractivity contribution is 7.98. The third kappa shape index (κ3) is 3.65. The number of thioether (sulfide) groups is 1. The second-order valence-corrected chi connectivity index (χ2v) is 4.44. The predicted octanol–water partition coefficient (Wildman–Crippen LogP) is 3.38. The molecule has 1 N–H and O–H groups in total. The van der Waals surface area contributed by atoms with E-state index in [2.05, 4.69) is 17.6 Å². The summed E-state index contributed by atoms with van der Waals surface area (Å²) in [5, 5.41) is 12.6. The SMILES string of the molecule is CSCCCNc1cccc(Cl)c1C#N. The number of halogens is 1. The van der Waals surface area contributed by atoms with E-state index in [-0.39, 0.29) is 0 Å². The standard InChI is InChI=1S/C11H13ClN2S/c1-15-7-3-6-14-11-5-2-4-10(12)9(11)8-13/h2,4-5,14H,3,6-7H2,1H3. The van der Waals surface area contributed by atoms with E-state index in [4.69, 9.17) is 16.9 Å². The minimum atomic E-state index is 0.507. The first-order valence-electron chi connectivity index (χ1n) is 4.71. The minimum absolute atomic E-state index is 0.507. The van der Waals surface area contributed by atoms with E-state index in [0.717, 1.165) is 24.4 Å². The number of hydrogen-bond donors (Lipinski definition) is 1. The number of rotatable bonds is 5. The van der Waals surface area contributed by atoms with Crippen LogP contribution in [0, 0.1) is 11.3 Å². The predicted molar refractivity (Wildman–Crippen MR) is 67.7 cm³/mol. The van der Waals surface area contributed by atoms with Crippen LogP contribution in [0.15, 0.2) is 18.2 Å². The first-order chi connectivity index (χ1) is 7.29. The van der Waals surface area contributed by atoms with Crippen molar-refractivity contribution in [2.24, 2.45) is 0 Å². The molecule has 0 heterocycles. The Hall–Kier alpha value is -0.850. The quantitative estimate of drug-likeness (QED) is 0.802. The van der Waals surface area contributed by atoms with Crippen LogP contribution in [-0.2, 0) is 0 Å². The molecule has 0 radical (unpaired) electrons. The van der Waals surface area contributed by atoms with Gasteiger partial charge in [0.05, 0.1) is 16.3 Å². The van der Waals surface area contributed by atoms with E-state index >= 15 is 0 Å². The highest BCUT2D eigenvalue weighted by Crippen LogP contribution is 2.23. The Morgan fingerprint density at radius 3 is 3.00 bits per heavy atom. The first-order valence-corrected chi connectivity index (χ1v) is 6.48. The van der Waals surface area contributed by atoms with Gasteiger partial charge in [-0.2, -0.15) is 17.0 Å². The first kappa shape index (κ1) is 12.2. The van der Waals surface area contributed by atoms with Crippen LogP contribution < -0.4 is 5.32 Å². The third-order valence-electron chi connectivity index (χ3n) is 1.97. The molecule has 0 aliphatic carbocycles. The van der Waals surface area contributed by atoms with Gasteiger partial charge in [-0.1, -0.05) is 17.7 Å². The Morgan fingerprint density at radius 2 is 2.33 bits per heavy atom. The van der Waals surface area contributed by atoms with Gasteiger partial charge in [-0.05, 0) is 30.6 Å². The molecule has 0 saturated heterocycles. The zero-order valence-electron chi connectivity index (χ0n) is 8.59. The van der Waals surface area contributed by atoms with Gasteiger partial charge in [0.25, 0.3) is 0 Å². The van der Waals surface area contributed by atoms with Crippen LogP contribution in [0.2, 0.25) is 5.02 Å². The summed E-state index contributed by atoms with van der Waals surface area (Å²) < 4.78 is 0. The molecule has 0 bridgehead atoms.